The lowest BCUT2D eigenvalue weighted by Crippen LogP contribution is -2.39. The van der Waals surface area contributed by atoms with E-state index in [1.54, 1.807) is 30.3 Å². The van der Waals surface area contributed by atoms with Gasteiger partial charge in [-0.3, -0.25) is 9.59 Å². The fourth-order valence-electron chi connectivity index (χ4n) is 4.65. The van der Waals surface area contributed by atoms with Gasteiger partial charge in [-0.2, -0.15) is 0 Å². The Morgan fingerprint density at radius 2 is 1.92 bits per heavy atom. The number of nitrogens with one attached hydrogen (secondary N) is 3. The maximum Gasteiger partial charge on any atom is 0.255 e. The van der Waals surface area contributed by atoms with Crippen LogP contribution < -0.4 is 10.6 Å². The summed E-state index contributed by atoms with van der Waals surface area (Å²) in [5.41, 5.74) is 3.36. The average Bonchev–Trinajstić information content (AvgIpc) is 3.54. The van der Waals surface area contributed by atoms with Crippen molar-refractivity contribution in [1.82, 2.24) is 20.2 Å². The summed E-state index contributed by atoms with van der Waals surface area (Å²) in [6, 6.07) is 19.8. The number of para-hydroxylation sites is 1. The summed E-state index contributed by atoms with van der Waals surface area (Å²) in [6.45, 7) is 3.19. The van der Waals surface area contributed by atoms with Crippen molar-refractivity contribution >= 4 is 51.7 Å². The summed E-state index contributed by atoms with van der Waals surface area (Å²) in [5, 5.41) is 7.20. The number of hydrogen-bond donors (Lipinski definition) is 3. The van der Waals surface area contributed by atoms with Crippen LogP contribution in [0.5, 0.6) is 0 Å². The largest absolute Gasteiger partial charge is 0.383 e. The molecule has 9 heteroatoms. The maximum absolute atomic E-state index is 13.3. The quantitative estimate of drug-likeness (QED) is 0.267. The first-order valence-electron chi connectivity index (χ1n) is 12.2. The molecule has 190 valence electrons. The first kappa shape index (κ1) is 25.1. The van der Waals surface area contributed by atoms with E-state index in [1.165, 1.54) is 0 Å². The molecule has 0 radical (unpaired) electrons. The smallest absolute Gasteiger partial charge is 0.255 e. The molecular weight excluding hydrogens is 509 g/mol. The highest BCUT2D eigenvalue weighted by molar-refractivity contribution is 6.34. The van der Waals surface area contributed by atoms with E-state index >= 15 is 0 Å². The van der Waals surface area contributed by atoms with Crippen LogP contribution in [-0.2, 0) is 0 Å². The molecule has 4 aromatic rings. The van der Waals surface area contributed by atoms with E-state index in [1.807, 2.05) is 48.2 Å². The van der Waals surface area contributed by atoms with Gasteiger partial charge in [-0.1, -0.05) is 41.4 Å². The number of aromatic nitrogens is 2. The van der Waals surface area contributed by atoms with Gasteiger partial charge in [0, 0.05) is 35.4 Å². The first-order chi connectivity index (χ1) is 17.9. The zero-order valence-electron chi connectivity index (χ0n) is 20.3. The van der Waals surface area contributed by atoms with Crippen LogP contribution in [0.1, 0.15) is 52.3 Å². The van der Waals surface area contributed by atoms with Crippen molar-refractivity contribution in [3.63, 3.8) is 0 Å². The Kier molecular flexibility index (Phi) is 7.35. The molecule has 7 nitrogen and oxygen atoms in total. The molecule has 0 saturated carbocycles. The molecule has 1 fully saturated rings. The molecule has 1 saturated heterocycles. The topological polar surface area (TPSA) is 90.1 Å². The van der Waals surface area contributed by atoms with Gasteiger partial charge in [-0.15, -0.1) is 0 Å². The Bertz CT molecular complexity index is 1440. The number of fused-ring (bicyclic) bond motifs is 1. The number of aromatic amines is 1. The van der Waals surface area contributed by atoms with Crippen LogP contribution in [-0.4, -0.2) is 45.8 Å². The van der Waals surface area contributed by atoms with Gasteiger partial charge < -0.3 is 20.5 Å². The third kappa shape index (κ3) is 5.58. The number of hydrogen-bond acceptors (Lipinski definition) is 4. The minimum atomic E-state index is -0.374. The van der Waals surface area contributed by atoms with E-state index in [0.29, 0.717) is 35.1 Å². The third-order valence-electron chi connectivity index (χ3n) is 6.64. The molecule has 2 heterocycles. The molecule has 2 atom stereocenters. The minimum absolute atomic E-state index is 0.0753. The van der Waals surface area contributed by atoms with Crippen molar-refractivity contribution in [2.75, 3.05) is 18.4 Å². The zero-order valence-corrected chi connectivity index (χ0v) is 21.8. The zero-order chi connectivity index (χ0) is 25.9. The van der Waals surface area contributed by atoms with Crippen molar-refractivity contribution in [3.05, 3.63) is 93.7 Å². The van der Waals surface area contributed by atoms with Gasteiger partial charge in [0.1, 0.15) is 5.82 Å². The Balaban J connectivity index is 1.24. The summed E-state index contributed by atoms with van der Waals surface area (Å²) in [5.74, 6) is 0.189. The normalized spacial score (nSPS) is 16.1. The molecule has 37 heavy (non-hydrogen) atoms. The molecule has 1 aliphatic heterocycles. The minimum Gasteiger partial charge on any atom is -0.383 e. The molecule has 0 unspecified atom stereocenters. The van der Waals surface area contributed by atoms with Crippen LogP contribution in [0.2, 0.25) is 10.0 Å². The maximum atomic E-state index is 13.3. The van der Waals surface area contributed by atoms with Crippen LogP contribution in [0, 0.1) is 0 Å². The summed E-state index contributed by atoms with van der Waals surface area (Å²) >= 11 is 12.6. The standard InChI is InChI=1S/C28H27Cl2N5O2/c1-17(26-33-24-12-10-19(29)15-25(24)34-26)32-27(36)18-9-11-22(23(30)14-18)28(37)35-13-5-8-21(35)16-31-20-6-3-2-4-7-20/h2-4,6-7,9-12,14-15,17,21,31H,5,8,13,16H2,1H3,(H,32,36)(H,33,34)/t17-,21+/m0/s1. The molecule has 0 bridgehead atoms. The molecule has 1 aromatic heterocycles. The number of imidazole rings is 1. The van der Waals surface area contributed by atoms with Crippen molar-refractivity contribution in [2.45, 2.75) is 31.8 Å². The molecular formula is C28H27Cl2N5O2. The van der Waals surface area contributed by atoms with E-state index in [2.05, 4.69) is 20.6 Å². The fourth-order valence-corrected chi connectivity index (χ4v) is 5.08. The highest BCUT2D eigenvalue weighted by Gasteiger charge is 2.30. The highest BCUT2D eigenvalue weighted by Crippen LogP contribution is 2.26. The Morgan fingerprint density at radius 1 is 1.11 bits per heavy atom. The van der Waals surface area contributed by atoms with Gasteiger partial charge in [0.25, 0.3) is 11.8 Å². The van der Waals surface area contributed by atoms with E-state index in [0.717, 1.165) is 29.6 Å². The summed E-state index contributed by atoms with van der Waals surface area (Å²) in [6.07, 6.45) is 1.87. The molecule has 3 N–H and O–H groups in total. The van der Waals surface area contributed by atoms with Gasteiger partial charge in [-0.25, -0.2) is 4.98 Å². The van der Waals surface area contributed by atoms with Gasteiger partial charge in [0.05, 0.1) is 27.7 Å². The monoisotopic (exact) mass is 535 g/mol. The lowest BCUT2D eigenvalue weighted by atomic mass is 10.1. The van der Waals surface area contributed by atoms with Gasteiger partial charge >= 0.3 is 0 Å². The third-order valence-corrected chi connectivity index (χ3v) is 7.18. The van der Waals surface area contributed by atoms with Gasteiger partial charge in [0.2, 0.25) is 0 Å². The van der Waals surface area contributed by atoms with Crippen molar-refractivity contribution in [1.29, 1.82) is 0 Å². The molecule has 1 aliphatic rings. The summed E-state index contributed by atoms with van der Waals surface area (Å²) in [4.78, 5) is 35.8. The number of amides is 2. The number of carbonyl (C=O) groups excluding carboxylic acids is 2. The molecule has 3 aromatic carbocycles. The predicted octanol–water partition coefficient (Wildman–Crippen LogP) is 6.08. The van der Waals surface area contributed by atoms with Crippen LogP contribution in [0.4, 0.5) is 5.69 Å². The molecule has 2 amide bonds. The predicted molar refractivity (Wildman–Crippen MR) is 147 cm³/mol. The second kappa shape index (κ2) is 10.8. The second-order valence-corrected chi connectivity index (χ2v) is 10.1. The van der Waals surface area contributed by atoms with E-state index in [4.69, 9.17) is 23.2 Å². The van der Waals surface area contributed by atoms with E-state index < -0.39 is 0 Å². The highest BCUT2D eigenvalue weighted by atomic mass is 35.5. The average molecular weight is 536 g/mol. The molecule has 5 rings (SSSR count). The van der Waals surface area contributed by atoms with Crippen LogP contribution >= 0.6 is 23.2 Å². The van der Waals surface area contributed by atoms with Gasteiger partial charge in [0.15, 0.2) is 0 Å². The fraction of sp³-hybridized carbons (Fsp3) is 0.250. The van der Waals surface area contributed by atoms with Crippen molar-refractivity contribution < 1.29 is 9.59 Å². The number of anilines is 1. The van der Waals surface area contributed by atoms with Crippen LogP contribution in [0.3, 0.4) is 0 Å². The number of carbonyl (C=O) groups is 2. The van der Waals surface area contributed by atoms with E-state index in [-0.39, 0.29) is 28.9 Å². The molecule has 0 aliphatic carbocycles. The van der Waals surface area contributed by atoms with E-state index in [9.17, 15) is 9.59 Å². The number of benzene rings is 3. The number of rotatable bonds is 7. The lowest BCUT2D eigenvalue weighted by molar-refractivity contribution is 0.0743. The lowest BCUT2D eigenvalue weighted by Gasteiger charge is -2.26. The van der Waals surface area contributed by atoms with Crippen molar-refractivity contribution in [2.24, 2.45) is 0 Å². The number of likely N-dealkylation sites (tertiary alicyclic amines) is 1. The van der Waals surface area contributed by atoms with Crippen LogP contribution in [0.15, 0.2) is 66.7 Å². The number of H-pyrrole nitrogens is 1. The molecule has 0 spiro atoms. The second-order valence-electron chi connectivity index (χ2n) is 9.21. The summed E-state index contributed by atoms with van der Waals surface area (Å²) in [7, 11) is 0. The Morgan fingerprint density at radius 3 is 2.70 bits per heavy atom. The Hall–Kier alpha value is -3.55. The van der Waals surface area contributed by atoms with Crippen LogP contribution in [0.25, 0.3) is 11.0 Å². The van der Waals surface area contributed by atoms with Crippen molar-refractivity contribution in [3.8, 4) is 0 Å². The Labute approximate surface area is 225 Å². The number of halogens is 2. The summed E-state index contributed by atoms with van der Waals surface area (Å²) < 4.78 is 0. The first-order valence-corrected chi connectivity index (χ1v) is 13.0. The number of nitrogens with zero attached hydrogens (tertiary/aromatic N) is 2. The van der Waals surface area contributed by atoms with Gasteiger partial charge in [-0.05, 0) is 68.3 Å². The SMILES string of the molecule is C[C@H](NC(=O)c1ccc(C(=O)N2CCC[C@@H]2CNc2ccccc2)c(Cl)c1)c1nc2ccc(Cl)cc2[nH]1.